The van der Waals surface area contributed by atoms with E-state index in [-0.39, 0.29) is 0 Å². The molecule has 0 aliphatic rings. The van der Waals surface area contributed by atoms with Crippen molar-refractivity contribution in [1.29, 1.82) is 0 Å². The van der Waals surface area contributed by atoms with Crippen molar-refractivity contribution in [3.63, 3.8) is 0 Å². The molecule has 0 radical (unpaired) electrons. The first-order valence-electron chi connectivity index (χ1n) is 4.92. The third-order valence-electron chi connectivity index (χ3n) is 2.63. The molecule has 0 unspecified atom stereocenters. The summed E-state index contributed by atoms with van der Waals surface area (Å²) in [5.74, 6) is -0.513. The van der Waals surface area contributed by atoms with Crippen LogP contribution in [0.4, 0.5) is 0 Å². The van der Waals surface area contributed by atoms with E-state index in [1.807, 2.05) is 13.8 Å². The van der Waals surface area contributed by atoms with Gasteiger partial charge in [0.2, 0.25) is 0 Å². The Morgan fingerprint density at radius 3 is 2.62 bits per heavy atom. The summed E-state index contributed by atoms with van der Waals surface area (Å²) >= 11 is 0. The number of amides is 1. The molecule has 0 aromatic carbocycles. The van der Waals surface area contributed by atoms with Gasteiger partial charge in [-0.2, -0.15) is 10.2 Å². The first-order valence-corrected chi connectivity index (χ1v) is 4.92. The molecule has 6 nitrogen and oxygen atoms in total. The number of nitrogens with two attached hydrogens (primary N) is 1. The number of nitrogens with one attached hydrogen (secondary N) is 2. The lowest BCUT2D eigenvalue weighted by atomic mass is 10.1. The molecule has 0 saturated carbocycles. The van der Waals surface area contributed by atoms with Gasteiger partial charge in [-0.1, -0.05) is 0 Å². The summed E-state index contributed by atoms with van der Waals surface area (Å²) in [5, 5.41) is 13.6. The molecule has 0 atom stereocenters. The van der Waals surface area contributed by atoms with Crippen LogP contribution in [0.15, 0.2) is 6.20 Å². The molecule has 4 N–H and O–H groups in total. The van der Waals surface area contributed by atoms with E-state index < -0.39 is 5.91 Å². The van der Waals surface area contributed by atoms with Crippen LogP contribution < -0.4 is 5.73 Å². The van der Waals surface area contributed by atoms with E-state index in [0.717, 1.165) is 22.5 Å². The Labute approximate surface area is 92.2 Å². The Kier molecular flexibility index (Phi) is 2.47. The zero-order valence-electron chi connectivity index (χ0n) is 9.16. The van der Waals surface area contributed by atoms with Gasteiger partial charge in [0.25, 0.3) is 5.91 Å². The monoisotopic (exact) mass is 219 g/mol. The number of primary amides is 1. The zero-order chi connectivity index (χ0) is 11.7. The van der Waals surface area contributed by atoms with Crippen molar-refractivity contribution in [2.45, 2.75) is 20.3 Å². The molecule has 84 valence electrons. The summed E-state index contributed by atoms with van der Waals surface area (Å²) in [4.78, 5) is 11.0. The number of H-pyrrole nitrogens is 2. The van der Waals surface area contributed by atoms with Gasteiger partial charge in [0.05, 0.1) is 6.20 Å². The molecule has 0 aliphatic heterocycles. The lowest BCUT2D eigenvalue weighted by molar-refractivity contribution is 0.0995. The fourth-order valence-corrected chi connectivity index (χ4v) is 1.57. The molecule has 0 saturated heterocycles. The van der Waals surface area contributed by atoms with Gasteiger partial charge < -0.3 is 5.73 Å². The Hall–Kier alpha value is -2.11. The first-order chi connectivity index (χ1) is 7.59. The first kappa shape index (κ1) is 10.4. The fourth-order valence-electron chi connectivity index (χ4n) is 1.57. The topological polar surface area (TPSA) is 100 Å². The zero-order valence-corrected chi connectivity index (χ0v) is 9.16. The number of aromatic nitrogens is 4. The molecule has 2 aromatic rings. The molecule has 0 fully saturated rings. The second-order valence-corrected chi connectivity index (χ2v) is 3.75. The van der Waals surface area contributed by atoms with E-state index in [0.29, 0.717) is 12.1 Å². The van der Waals surface area contributed by atoms with Crippen LogP contribution >= 0.6 is 0 Å². The minimum absolute atomic E-state index is 0.298. The van der Waals surface area contributed by atoms with Crippen molar-refractivity contribution in [1.82, 2.24) is 20.4 Å². The summed E-state index contributed by atoms with van der Waals surface area (Å²) in [6.07, 6.45) is 2.40. The summed E-state index contributed by atoms with van der Waals surface area (Å²) < 4.78 is 0. The van der Waals surface area contributed by atoms with Crippen molar-refractivity contribution < 1.29 is 4.79 Å². The van der Waals surface area contributed by atoms with Crippen LogP contribution in [0.1, 0.15) is 33.0 Å². The van der Waals surface area contributed by atoms with E-state index >= 15 is 0 Å². The predicted molar refractivity (Wildman–Crippen MR) is 58.0 cm³/mol. The maximum absolute atomic E-state index is 11.0. The Balaban J connectivity index is 2.29. The highest BCUT2D eigenvalue weighted by molar-refractivity contribution is 5.92. The van der Waals surface area contributed by atoms with E-state index in [4.69, 9.17) is 5.73 Å². The van der Waals surface area contributed by atoms with Crippen LogP contribution in [-0.4, -0.2) is 26.3 Å². The minimum atomic E-state index is -0.513. The van der Waals surface area contributed by atoms with Crippen molar-refractivity contribution in [2.75, 3.05) is 0 Å². The van der Waals surface area contributed by atoms with E-state index in [1.54, 1.807) is 6.20 Å². The molecule has 2 heterocycles. The molecule has 6 heteroatoms. The van der Waals surface area contributed by atoms with Gasteiger partial charge in [-0.15, -0.1) is 0 Å². The second-order valence-electron chi connectivity index (χ2n) is 3.75. The fraction of sp³-hybridized carbons (Fsp3) is 0.300. The van der Waals surface area contributed by atoms with Crippen LogP contribution in [0.2, 0.25) is 0 Å². The van der Waals surface area contributed by atoms with Crippen molar-refractivity contribution in [3.8, 4) is 0 Å². The molecule has 0 aliphatic carbocycles. The number of hydrogen-bond donors (Lipinski definition) is 3. The van der Waals surface area contributed by atoms with Crippen molar-refractivity contribution >= 4 is 5.91 Å². The summed E-state index contributed by atoms with van der Waals surface area (Å²) in [7, 11) is 0. The maximum atomic E-state index is 11.0. The Morgan fingerprint density at radius 2 is 2.12 bits per heavy atom. The van der Waals surface area contributed by atoms with Gasteiger partial charge >= 0.3 is 0 Å². The molecular formula is C10H13N5O. The number of rotatable bonds is 3. The largest absolute Gasteiger partial charge is 0.364 e. The summed E-state index contributed by atoms with van der Waals surface area (Å²) in [6.45, 7) is 3.80. The van der Waals surface area contributed by atoms with Crippen LogP contribution in [0.5, 0.6) is 0 Å². The van der Waals surface area contributed by atoms with Crippen LogP contribution in [0, 0.1) is 13.8 Å². The normalized spacial score (nSPS) is 10.6. The third kappa shape index (κ3) is 1.69. The average Bonchev–Trinajstić information content (AvgIpc) is 2.76. The lowest BCUT2D eigenvalue weighted by Gasteiger charge is -1.98. The van der Waals surface area contributed by atoms with Crippen LogP contribution in [-0.2, 0) is 6.42 Å². The lowest BCUT2D eigenvalue weighted by Crippen LogP contribution is -2.12. The molecule has 2 aromatic heterocycles. The highest BCUT2D eigenvalue weighted by Crippen LogP contribution is 2.14. The third-order valence-corrected chi connectivity index (χ3v) is 2.63. The molecule has 16 heavy (non-hydrogen) atoms. The van der Waals surface area contributed by atoms with Gasteiger partial charge in [0.15, 0.2) is 5.69 Å². The van der Waals surface area contributed by atoms with Crippen molar-refractivity contribution in [2.24, 2.45) is 5.73 Å². The molecule has 0 bridgehead atoms. The number of carbonyl (C=O) groups is 1. The highest BCUT2D eigenvalue weighted by Gasteiger charge is 2.14. The quantitative estimate of drug-likeness (QED) is 0.698. The highest BCUT2D eigenvalue weighted by atomic mass is 16.1. The summed E-state index contributed by atoms with van der Waals surface area (Å²) in [5.41, 5.74) is 9.24. The predicted octanol–water partition coefficient (Wildman–Crippen LogP) is 0.439. The van der Waals surface area contributed by atoms with Gasteiger partial charge in [-0.3, -0.25) is 15.0 Å². The van der Waals surface area contributed by atoms with E-state index in [9.17, 15) is 4.79 Å². The number of nitrogens with zero attached hydrogens (tertiary/aromatic N) is 2. The molecule has 0 spiro atoms. The maximum Gasteiger partial charge on any atom is 0.269 e. The van der Waals surface area contributed by atoms with Gasteiger partial charge in [-0.25, -0.2) is 0 Å². The second kappa shape index (κ2) is 3.80. The molecule has 2 rings (SSSR count). The van der Waals surface area contributed by atoms with E-state index in [2.05, 4.69) is 20.4 Å². The standard InChI is InChI=1S/C10H13N5O/c1-5-4-12-13-7(5)3-8-6(2)9(10(11)16)15-14-8/h4H,3H2,1-2H3,(H2,11,16)(H,12,13)(H,14,15). The van der Waals surface area contributed by atoms with Crippen LogP contribution in [0.25, 0.3) is 0 Å². The van der Waals surface area contributed by atoms with Gasteiger partial charge in [-0.05, 0) is 19.4 Å². The van der Waals surface area contributed by atoms with Gasteiger partial charge in [0, 0.05) is 23.4 Å². The average molecular weight is 219 g/mol. The number of aromatic amines is 2. The molecule has 1 amide bonds. The van der Waals surface area contributed by atoms with Crippen LogP contribution in [0.3, 0.4) is 0 Å². The number of aryl methyl sites for hydroxylation is 1. The minimum Gasteiger partial charge on any atom is -0.364 e. The Bertz CT molecular complexity index is 525. The Morgan fingerprint density at radius 1 is 1.38 bits per heavy atom. The molecular weight excluding hydrogens is 206 g/mol. The SMILES string of the molecule is Cc1cn[nH]c1Cc1[nH]nc(C(N)=O)c1C. The van der Waals surface area contributed by atoms with Gasteiger partial charge in [0.1, 0.15) is 0 Å². The van der Waals surface area contributed by atoms with E-state index in [1.165, 1.54) is 0 Å². The summed E-state index contributed by atoms with van der Waals surface area (Å²) in [6, 6.07) is 0. The van der Waals surface area contributed by atoms with Crippen molar-refractivity contribution in [3.05, 3.63) is 34.4 Å². The smallest absolute Gasteiger partial charge is 0.269 e. The number of carbonyl (C=O) groups excluding carboxylic acids is 1. The number of hydrogen-bond acceptors (Lipinski definition) is 3.